The third-order valence-electron chi connectivity index (χ3n) is 3.42. The Balaban J connectivity index is 1.62. The van der Waals surface area contributed by atoms with Crippen molar-refractivity contribution in [1.29, 1.82) is 0 Å². The summed E-state index contributed by atoms with van der Waals surface area (Å²) in [4.78, 5) is 24.8. The topological polar surface area (TPSA) is 58.6 Å². The van der Waals surface area contributed by atoms with Gasteiger partial charge in [0.2, 0.25) is 11.8 Å². The summed E-state index contributed by atoms with van der Waals surface area (Å²) in [6, 6.07) is 7.46. The SMILES string of the molecule is CN1C[C@@H](C(=O)NCCOCc2cccc(Cl)c2)CC1=O. The van der Waals surface area contributed by atoms with Crippen molar-refractivity contribution in [2.45, 2.75) is 13.0 Å². The monoisotopic (exact) mass is 310 g/mol. The molecule has 0 aliphatic carbocycles. The van der Waals surface area contributed by atoms with Gasteiger partial charge in [-0.2, -0.15) is 0 Å². The Kier molecular flexibility index (Phi) is 5.59. The first-order chi connectivity index (χ1) is 10.1. The maximum Gasteiger partial charge on any atom is 0.225 e. The number of benzene rings is 1. The zero-order chi connectivity index (χ0) is 15.2. The van der Waals surface area contributed by atoms with Crippen molar-refractivity contribution in [3.8, 4) is 0 Å². The summed E-state index contributed by atoms with van der Waals surface area (Å²) in [5, 5.41) is 3.47. The number of ether oxygens (including phenoxy) is 1. The first-order valence-corrected chi connectivity index (χ1v) is 7.28. The fourth-order valence-electron chi connectivity index (χ4n) is 2.25. The number of carbonyl (C=O) groups excluding carboxylic acids is 2. The highest BCUT2D eigenvalue weighted by Crippen LogP contribution is 2.15. The molecule has 0 spiro atoms. The number of nitrogens with zero attached hydrogens (tertiary/aromatic N) is 1. The van der Waals surface area contributed by atoms with Gasteiger partial charge in [0.25, 0.3) is 0 Å². The lowest BCUT2D eigenvalue weighted by Gasteiger charge is -2.11. The molecule has 0 saturated carbocycles. The van der Waals surface area contributed by atoms with Gasteiger partial charge in [-0.15, -0.1) is 0 Å². The standard InChI is InChI=1S/C15H19ClN2O3/c1-18-9-12(8-14(18)19)15(20)17-5-6-21-10-11-3-2-4-13(16)7-11/h2-4,7,12H,5-6,8-10H2,1H3,(H,17,20)/t12-/m0/s1. The van der Waals surface area contributed by atoms with Crippen LogP contribution >= 0.6 is 11.6 Å². The van der Waals surface area contributed by atoms with Gasteiger partial charge in [0, 0.05) is 31.6 Å². The number of hydrogen-bond donors (Lipinski definition) is 1. The molecule has 0 aromatic heterocycles. The fourth-order valence-corrected chi connectivity index (χ4v) is 2.46. The zero-order valence-electron chi connectivity index (χ0n) is 12.0. The van der Waals surface area contributed by atoms with E-state index in [2.05, 4.69) is 5.32 Å². The minimum Gasteiger partial charge on any atom is -0.375 e. The first-order valence-electron chi connectivity index (χ1n) is 6.90. The van der Waals surface area contributed by atoms with Crippen LogP contribution in [0.5, 0.6) is 0 Å². The molecule has 2 amide bonds. The van der Waals surface area contributed by atoms with Gasteiger partial charge in [-0.25, -0.2) is 0 Å². The second-order valence-corrected chi connectivity index (χ2v) is 5.59. The molecular weight excluding hydrogens is 292 g/mol. The number of rotatable bonds is 6. The van der Waals surface area contributed by atoms with Crippen LogP contribution in [0.3, 0.4) is 0 Å². The Labute approximate surface area is 129 Å². The van der Waals surface area contributed by atoms with E-state index in [1.54, 1.807) is 11.9 Å². The normalized spacial score (nSPS) is 18.1. The van der Waals surface area contributed by atoms with E-state index in [1.165, 1.54) is 0 Å². The van der Waals surface area contributed by atoms with Gasteiger partial charge in [-0.05, 0) is 17.7 Å². The molecule has 2 rings (SSSR count). The molecule has 0 unspecified atom stereocenters. The molecule has 1 N–H and O–H groups in total. The van der Waals surface area contributed by atoms with Crippen LogP contribution in [-0.4, -0.2) is 43.5 Å². The second-order valence-electron chi connectivity index (χ2n) is 5.15. The van der Waals surface area contributed by atoms with E-state index in [0.29, 0.717) is 37.7 Å². The molecule has 1 aliphatic heterocycles. The maximum absolute atomic E-state index is 11.9. The number of halogens is 1. The third-order valence-corrected chi connectivity index (χ3v) is 3.65. The smallest absolute Gasteiger partial charge is 0.225 e. The van der Waals surface area contributed by atoms with E-state index in [9.17, 15) is 9.59 Å². The Bertz CT molecular complexity index is 521. The van der Waals surface area contributed by atoms with Crippen LogP contribution in [0.2, 0.25) is 5.02 Å². The lowest BCUT2D eigenvalue weighted by atomic mass is 10.1. The molecule has 114 valence electrons. The van der Waals surface area contributed by atoms with Gasteiger partial charge in [-0.1, -0.05) is 23.7 Å². The van der Waals surface area contributed by atoms with Crippen LogP contribution in [0.25, 0.3) is 0 Å². The molecule has 1 aromatic rings. The summed E-state index contributed by atoms with van der Waals surface area (Å²) in [5.74, 6) is -0.304. The minimum atomic E-state index is -0.240. The molecule has 1 heterocycles. The van der Waals surface area contributed by atoms with Crippen LogP contribution < -0.4 is 5.32 Å². The predicted molar refractivity (Wildman–Crippen MR) is 79.9 cm³/mol. The van der Waals surface area contributed by atoms with Crippen LogP contribution in [0, 0.1) is 5.92 Å². The molecule has 0 bridgehead atoms. The van der Waals surface area contributed by atoms with Crippen LogP contribution in [0.1, 0.15) is 12.0 Å². The lowest BCUT2D eigenvalue weighted by Crippen LogP contribution is -2.34. The summed E-state index contributed by atoms with van der Waals surface area (Å²) in [6.07, 6.45) is 0.297. The van der Waals surface area contributed by atoms with E-state index < -0.39 is 0 Å². The minimum absolute atomic E-state index is 0.0207. The summed E-state index contributed by atoms with van der Waals surface area (Å²) in [7, 11) is 1.71. The van der Waals surface area contributed by atoms with E-state index in [1.807, 2.05) is 24.3 Å². The van der Waals surface area contributed by atoms with Crippen LogP contribution in [-0.2, 0) is 20.9 Å². The number of amides is 2. The molecular formula is C15H19ClN2O3. The Morgan fingerprint density at radius 1 is 1.52 bits per heavy atom. The lowest BCUT2D eigenvalue weighted by molar-refractivity contribution is -0.128. The van der Waals surface area contributed by atoms with E-state index in [4.69, 9.17) is 16.3 Å². The van der Waals surface area contributed by atoms with Crippen molar-refractivity contribution in [2.24, 2.45) is 5.92 Å². The van der Waals surface area contributed by atoms with Gasteiger partial charge in [0.05, 0.1) is 19.1 Å². The fraction of sp³-hybridized carbons (Fsp3) is 0.467. The Morgan fingerprint density at radius 2 is 2.33 bits per heavy atom. The van der Waals surface area contributed by atoms with Gasteiger partial charge < -0.3 is 15.0 Å². The molecule has 1 aliphatic rings. The number of nitrogens with one attached hydrogen (secondary N) is 1. The quantitative estimate of drug-likeness (QED) is 0.809. The summed E-state index contributed by atoms with van der Waals surface area (Å²) in [6.45, 7) is 1.82. The van der Waals surface area contributed by atoms with Gasteiger partial charge in [0.1, 0.15) is 0 Å². The summed E-state index contributed by atoms with van der Waals surface area (Å²) < 4.78 is 5.48. The summed E-state index contributed by atoms with van der Waals surface area (Å²) in [5.41, 5.74) is 0.997. The first kappa shape index (κ1) is 15.8. The number of hydrogen-bond acceptors (Lipinski definition) is 3. The molecule has 1 fully saturated rings. The van der Waals surface area contributed by atoms with Gasteiger partial charge >= 0.3 is 0 Å². The molecule has 0 radical (unpaired) electrons. The highest BCUT2D eigenvalue weighted by atomic mass is 35.5. The predicted octanol–water partition coefficient (Wildman–Crippen LogP) is 1.45. The highest BCUT2D eigenvalue weighted by Gasteiger charge is 2.31. The molecule has 21 heavy (non-hydrogen) atoms. The van der Waals surface area contributed by atoms with E-state index >= 15 is 0 Å². The van der Waals surface area contributed by atoms with Crippen molar-refractivity contribution in [3.05, 3.63) is 34.9 Å². The molecule has 6 heteroatoms. The molecule has 1 atom stereocenters. The maximum atomic E-state index is 11.9. The molecule has 1 saturated heterocycles. The van der Waals surface area contributed by atoms with Crippen molar-refractivity contribution >= 4 is 23.4 Å². The van der Waals surface area contributed by atoms with Crippen molar-refractivity contribution in [1.82, 2.24) is 10.2 Å². The molecule has 1 aromatic carbocycles. The van der Waals surface area contributed by atoms with Crippen molar-refractivity contribution in [2.75, 3.05) is 26.7 Å². The third kappa shape index (κ3) is 4.72. The van der Waals surface area contributed by atoms with Crippen LogP contribution in [0.4, 0.5) is 0 Å². The Hall–Kier alpha value is -1.59. The average Bonchev–Trinajstić information content (AvgIpc) is 2.78. The van der Waals surface area contributed by atoms with E-state index in [0.717, 1.165) is 5.56 Å². The van der Waals surface area contributed by atoms with Crippen molar-refractivity contribution in [3.63, 3.8) is 0 Å². The average molecular weight is 311 g/mol. The Morgan fingerprint density at radius 3 is 3.00 bits per heavy atom. The number of likely N-dealkylation sites (tertiary alicyclic amines) is 1. The zero-order valence-corrected chi connectivity index (χ0v) is 12.7. The number of carbonyl (C=O) groups is 2. The molecule has 5 nitrogen and oxygen atoms in total. The highest BCUT2D eigenvalue weighted by molar-refractivity contribution is 6.30. The summed E-state index contributed by atoms with van der Waals surface area (Å²) >= 11 is 5.88. The van der Waals surface area contributed by atoms with Gasteiger partial charge in [0.15, 0.2) is 0 Å². The van der Waals surface area contributed by atoms with E-state index in [-0.39, 0.29) is 17.7 Å². The second kappa shape index (κ2) is 7.43. The largest absolute Gasteiger partial charge is 0.375 e. The van der Waals surface area contributed by atoms with Crippen molar-refractivity contribution < 1.29 is 14.3 Å². The van der Waals surface area contributed by atoms with Gasteiger partial charge in [-0.3, -0.25) is 9.59 Å². The van der Waals surface area contributed by atoms with Crippen LogP contribution in [0.15, 0.2) is 24.3 Å².